The van der Waals surface area contributed by atoms with Crippen LogP contribution in [0.2, 0.25) is 0 Å². The maximum Gasteiger partial charge on any atom is 0.278 e. The third kappa shape index (κ3) is 1.29. The Morgan fingerprint density at radius 3 is 2.67 bits per heavy atom. The molecule has 5 nitrogen and oxygen atoms in total. The van der Waals surface area contributed by atoms with Crippen LogP contribution < -0.4 is 5.73 Å². The number of aromatic hydroxyl groups is 1. The highest BCUT2D eigenvalue weighted by molar-refractivity contribution is 5.58. The first kappa shape index (κ1) is 8.32. The lowest BCUT2D eigenvalue weighted by Gasteiger charge is -2.00. The lowest BCUT2D eigenvalue weighted by atomic mass is 10.1. The fraction of sp³-hybridized carbons (Fsp3) is 0.143. The summed E-state index contributed by atoms with van der Waals surface area (Å²) in [7, 11) is 0. The van der Waals surface area contributed by atoms with Crippen molar-refractivity contribution in [3.05, 3.63) is 27.8 Å². The van der Waals surface area contributed by atoms with Crippen LogP contribution in [0.15, 0.2) is 12.1 Å². The van der Waals surface area contributed by atoms with Gasteiger partial charge in [0.05, 0.1) is 10.5 Å². The number of anilines is 1. The van der Waals surface area contributed by atoms with E-state index in [-0.39, 0.29) is 22.7 Å². The van der Waals surface area contributed by atoms with Gasteiger partial charge in [-0.1, -0.05) is 0 Å². The molecular weight excluding hydrogens is 160 g/mol. The van der Waals surface area contributed by atoms with Crippen molar-refractivity contribution in [2.24, 2.45) is 0 Å². The molecule has 12 heavy (non-hydrogen) atoms. The van der Waals surface area contributed by atoms with Crippen molar-refractivity contribution < 1.29 is 10.0 Å². The standard InChI is InChI=1S/C7H8N2O3/c1-4-6(9(11)12)2-5(8)3-7(4)10/h2-3,10H,8H2,1H3. The van der Waals surface area contributed by atoms with Gasteiger partial charge < -0.3 is 10.8 Å². The SMILES string of the molecule is Cc1c(O)cc(N)cc1[N+](=O)[O-]. The fourth-order valence-corrected chi connectivity index (χ4v) is 0.895. The minimum absolute atomic E-state index is 0.151. The fourth-order valence-electron chi connectivity index (χ4n) is 0.895. The molecule has 0 heterocycles. The number of hydrogen-bond acceptors (Lipinski definition) is 4. The molecule has 0 unspecified atom stereocenters. The summed E-state index contributed by atoms with van der Waals surface area (Å²) >= 11 is 0. The summed E-state index contributed by atoms with van der Waals surface area (Å²) in [5.41, 5.74) is 5.56. The summed E-state index contributed by atoms with van der Waals surface area (Å²) in [6.07, 6.45) is 0. The van der Waals surface area contributed by atoms with Gasteiger partial charge in [-0.05, 0) is 6.92 Å². The van der Waals surface area contributed by atoms with Gasteiger partial charge in [-0.15, -0.1) is 0 Å². The van der Waals surface area contributed by atoms with E-state index in [4.69, 9.17) is 10.8 Å². The topological polar surface area (TPSA) is 89.4 Å². The summed E-state index contributed by atoms with van der Waals surface area (Å²) in [6, 6.07) is 2.50. The number of nitrogens with two attached hydrogens (primary N) is 1. The first-order valence-electron chi connectivity index (χ1n) is 3.26. The number of hydrogen-bond donors (Lipinski definition) is 2. The minimum Gasteiger partial charge on any atom is -0.507 e. The number of benzene rings is 1. The van der Waals surface area contributed by atoms with Crippen LogP contribution >= 0.6 is 0 Å². The Hall–Kier alpha value is -1.78. The second kappa shape index (κ2) is 2.69. The van der Waals surface area contributed by atoms with Crippen LogP contribution in [0.4, 0.5) is 11.4 Å². The smallest absolute Gasteiger partial charge is 0.278 e. The zero-order chi connectivity index (χ0) is 9.30. The summed E-state index contributed by atoms with van der Waals surface area (Å²) in [6.45, 7) is 1.47. The van der Waals surface area contributed by atoms with E-state index in [1.165, 1.54) is 19.1 Å². The van der Waals surface area contributed by atoms with Crippen LogP contribution in [0.25, 0.3) is 0 Å². The van der Waals surface area contributed by atoms with E-state index in [1.807, 2.05) is 0 Å². The molecule has 64 valence electrons. The van der Waals surface area contributed by atoms with Crippen LogP contribution in [-0.4, -0.2) is 10.0 Å². The van der Waals surface area contributed by atoms with Crippen molar-refractivity contribution in [2.45, 2.75) is 6.92 Å². The molecule has 1 aromatic rings. The van der Waals surface area contributed by atoms with Gasteiger partial charge in [0.15, 0.2) is 0 Å². The quantitative estimate of drug-likeness (QED) is 0.374. The van der Waals surface area contributed by atoms with E-state index < -0.39 is 4.92 Å². The van der Waals surface area contributed by atoms with Gasteiger partial charge in [-0.3, -0.25) is 10.1 Å². The van der Waals surface area contributed by atoms with Crippen LogP contribution in [0.3, 0.4) is 0 Å². The number of phenolic OH excluding ortho intramolecular Hbond substituents is 1. The molecule has 0 saturated heterocycles. The molecule has 1 aromatic carbocycles. The van der Waals surface area contributed by atoms with Crippen molar-refractivity contribution in [3.63, 3.8) is 0 Å². The maximum atomic E-state index is 10.4. The molecule has 0 bridgehead atoms. The van der Waals surface area contributed by atoms with Crippen molar-refractivity contribution in [1.29, 1.82) is 0 Å². The Morgan fingerprint density at radius 2 is 2.17 bits per heavy atom. The van der Waals surface area contributed by atoms with Crippen molar-refractivity contribution in [1.82, 2.24) is 0 Å². The van der Waals surface area contributed by atoms with Gasteiger partial charge in [0, 0.05) is 17.8 Å². The van der Waals surface area contributed by atoms with E-state index in [2.05, 4.69) is 0 Å². The molecule has 1 rings (SSSR count). The molecular formula is C7H8N2O3. The third-order valence-electron chi connectivity index (χ3n) is 1.57. The Balaban J connectivity index is 3.37. The minimum atomic E-state index is -0.578. The van der Waals surface area contributed by atoms with Crippen molar-refractivity contribution in [3.8, 4) is 5.75 Å². The Kier molecular flexibility index (Phi) is 1.86. The number of nitrogens with zero attached hydrogens (tertiary/aromatic N) is 1. The largest absolute Gasteiger partial charge is 0.507 e. The summed E-state index contributed by atoms with van der Waals surface area (Å²) < 4.78 is 0. The predicted octanol–water partition coefficient (Wildman–Crippen LogP) is 1.19. The molecule has 0 radical (unpaired) electrons. The van der Waals surface area contributed by atoms with Crippen LogP contribution in [0.1, 0.15) is 5.56 Å². The molecule has 3 N–H and O–H groups in total. The van der Waals surface area contributed by atoms with E-state index in [1.54, 1.807) is 0 Å². The lowest BCUT2D eigenvalue weighted by molar-refractivity contribution is -0.385. The van der Waals surface area contributed by atoms with Crippen LogP contribution in [0, 0.1) is 17.0 Å². The zero-order valence-corrected chi connectivity index (χ0v) is 6.44. The van der Waals surface area contributed by atoms with E-state index in [0.29, 0.717) is 0 Å². The van der Waals surface area contributed by atoms with Gasteiger partial charge in [0.1, 0.15) is 5.75 Å². The molecule has 0 aromatic heterocycles. The molecule has 0 atom stereocenters. The summed E-state index contributed by atoms with van der Waals surface area (Å²) in [4.78, 5) is 9.79. The number of nitrogen functional groups attached to an aromatic ring is 1. The number of nitro benzene ring substituents is 1. The highest BCUT2D eigenvalue weighted by Crippen LogP contribution is 2.29. The van der Waals surface area contributed by atoms with Crippen molar-refractivity contribution >= 4 is 11.4 Å². The Labute approximate surface area is 68.6 Å². The molecule has 0 aliphatic carbocycles. The van der Waals surface area contributed by atoms with Gasteiger partial charge >= 0.3 is 0 Å². The zero-order valence-electron chi connectivity index (χ0n) is 6.44. The van der Waals surface area contributed by atoms with E-state index >= 15 is 0 Å². The van der Waals surface area contributed by atoms with Crippen molar-refractivity contribution in [2.75, 3.05) is 5.73 Å². The normalized spacial score (nSPS) is 9.75. The molecule has 0 fully saturated rings. The van der Waals surface area contributed by atoms with E-state index in [0.717, 1.165) is 0 Å². The Morgan fingerprint density at radius 1 is 1.58 bits per heavy atom. The first-order chi connectivity index (χ1) is 5.52. The first-order valence-corrected chi connectivity index (χ1v) is 3.26. The molecule has 0 saturated carbocycles. The van der Waals surface area contributed by atoms with Gasteiger partial charge in [0.2, 0.25) is 0 Å². The summed E-state index contributed by atoms with van der Waals surface area (Å²) in [5, 5.41) is 19.5. The van der Waals surface area contributed by atoms with E-state index in [9.17, 15) is 10.1 Å². The maximum absolute atomic E-state index is 10.4. The number of phenols is 1. The molecule has 0 spiro atoms. The Bertz CT molecular complexity index is 336. The number of rotatable bonds is 1. The van der Waals surface area contributed by atoms with Gasteiger partial charge in [-0.25, -0.2) is 0 Å². The molecule has 0 aliphatic rings. The molecule has 5 heteroatoms. The number of nitro groups is 1. The van der Waals surface area contributed by atoms with Gasteiger partial charge in [-0.2, -0.15) is 0 Å². The average Bonchev–Trinajstić information content (AvgIpc) is 1.96. The predicted molar refractivity (Wildman–Crippen MR) is 43.9 cm³/mol. The van der Waals surface area contributed by atoms with Crippen LogP contribution in [-0.2, 0) is 0 Å². The molecule has 0 aliphatic heterocycles. The highest BCUT2D eigenvalue weighted by atomic mass is 16.6. The second-order valence-electron chi connectivity index (χ2n) is 2.44. The van der Waals surface area contributed by atoms with Crippen LogP contribution in [0.5, 0.6) is 5.75 Å². The summed E-state index contributed by atoms with van der Waals surface area (Å²) in [5.74, 6) is -0.151. The highest BCUT2D eigenvalue weighted by Gasteiger charge is 2.14. The third-order valence-corrected chi connectivity index (χ3v) is 1.57. The lowest BCUT2D eigenvalue weighted by Crippen LogP contribution is -1.94. The van der Waals surface area contributed by atoms with Gasteiger partial charge in [0.25, 0.3) is 5.69 Å². The monoisotopic (exact) mass is 168 g/mol. The average molecular weight is 168 g/mol. The molecule has 0 amide bonds. The second-order valence-corrected chi connectivity index (χ2v) is 2.44.